The number of phenolic OH excluding ortho intramolecular Hbond substituents is 1. The van der Waals surface area contributed by atoms with E-state index in [9.17, 15) is 9.90 Å². The Balaban J connectivity index is 1.78. The van der Waals surface area contributed by atoms with Crippen LogP contribution in [-0.4, -0.2) is 30.7 Å². The molecule has 1 aromatic rings. The molecule has 0 saturated heterocycles. The monoisotopic (exact) mass is 298 g/mol. The first-order valence-electron chi connectivity index (χ1n) is 6.65. The van der Waals surface area contributed by atoms with Gasteiger partial charge in [0.25, 0.3) is 0 Å². The van der Waals surface area contributed by atoms with Crippen molar-refractivity contribution in [3.05, 3.63) is 22.7 Å². The fourth-order valence-corrected chi connectivity index (χ4v) is 2.10. The predicted molar refractivity (Wildman–Crippen MR) is 77.2 cm³/mol. The molecule has 5 nitrogen and oxygen atoms in total. The summed E-state index contributed by atoms with van der Waals surface area (Å²) in [5, 5.41) is 16.5. The lowest BCUT2D eigenvalue weighted by molar-refractivity contribution is -0.121. The average molecular weight is 299 g/mol. The summed E-state index contributed by atoms with van der Waals surface area (Å²) in [6, 6.07) is 3.63. The van der Waals surface area contributed by atoms with E-state index in [1.807, 2.05) is 0 Å². The van der Waals surface area contributed by atoms with Gasteiger partial charge >= 0.3 is 0 Å². The average Bonchev–Trinajstić information content (AvgIpc) is 3.21. The van der Waals surface area contributed by atoms with Gasteiger partial charge < -0.3 is 20.5 Å². The van der Waals surface area contributed by atoms with Crippen LogP contribution in [0.15, 0.2) is 12.1 Å². The van der Waals surface area contributed by atoms with Gasteiger partial charge in [0.2, 0.25) is 5.91 Å². The highest BCUT2D eigenvalue weighted by Gasteiger charge is 2.22. The summed E-state index contributed by atoms with van der Waals surface area (Å²) in [7, 11) is 1.48. The van der Waals surface area contributed by atoms with Crippen molar-refractivity contribution in [3.63, 3.8) is 0 Å². The van der Waals surface area contributed by atoms with E-state index >= 15 is 0 Å². The van der Waals surface area contributed by atoms with Gasteiger partial charge in [-0.15, -0.1) is 0 Å². The Kier molecular flexibility index (Phi) is 5.09. The molecule has 0 bridgehead atoms. The third-order valence-corrected chi connectivity index (χ3v) is 3.34. The Hall–Kier alpha value is -1.46. The maximum atomic E-state index is 11.5. The number of amides is 1. The molecule has 1 aliphatic carbocycles. The zero-order valence-electron chi connectivity index (χ0n) is 11.4. The molecule has 0 aromatic heterocycles. The minimum atomic E-state index is 0.0629. The van der Waals surface area contributed by atoms with Crippen molar-refractivity contribution in [1.82, 2.24) is 10.6 Å². The molecule has 0 spiro atoms. The number of methoxy groups -OCH3 is 1. The van der Waals surface area contributed by atoms with Crippen molar-refractivity contribution >= 4 is 17.5 Å². The highest BCUT2D eigenvalue weighted by molar-refractivity contribution is 6.30. The van der Waals surface area contributed by atoms with Gasteiger partial charge in [0.15, 0.2) is 11.5 Å². The number of aromatic hydroxyl groups is 1. The van der Waals surface area contributed by atoms with Gasteiger partial charge in [0.1, 0.15) is 0 Å². The number of nitrogens with one attached hydrogen (secondary N) is 2. The number of halogens is 1. The quantitative estimate of drug-likeness (QED) is 0.672. The number of carbonyl (C=O) groups excluding carboxylic acids is 1. The van der Waals surface area contributed by atoms with Crippen LogP contribution in [0.25, 0.3) is 0 Å². The molecule has 1 aliphatic rings. The van der Waals surface area contributed by atoms with Crippen LogP contribution in [0.1, 0.15) is 24.8 Å². The lowest BCUT2D eigenvalue weighted by Gasteiger charge is -2.11. The highest BCUT2D eigenvalue weighted by atomic mass is 35.5. The zero-order chi connectivity index (χ0) is 14.5. The lowest BCUT2D eigenvalue weighted by Crippen LogP contribution is -2.29. The molecular formula is C14H19ClN2O3. The molecule has 6 heteroatoms. The molecule has 20 heavy (non-hydrogen) atoms. The number of rotatable bonds is 7. The van der Waals surface area contributed by atoms with E-state index < -0.39 is 0 Å². The zero-order valence-corrected chi connectivity index (χ0v) is 12.2. The fraction of sp³-hybridized carbons (Fsp3) is 0.500. The van der Waals surface area contributed by atoms with E-state index in [1.165, 1.54) is 7.11 Å². The molecule has 1 fully saturated rings. The largest absolute Gasteiger partial charge is 0.504 e. The van der Waals surface area contributed by atoms with E-state index in [0.29, 0.717) is 41.9 Å². The molecule has 0 heterocycles. The first-order valence-corrected chi connectivity index (χ1v) is 7.03. The first-order chi connectivity index (χ1) is 9.60. The second-order valence-corrected chi connectivity index (χ2v) is 5.32. The molecule has 1 aromatic carbocycles. The number of phenols is 1. The van der Waals surface area contributed by atoms with E-state index in [2.05, 4.69) is 10.6 Å². The number of hydrogen-bond acceptors (Lipinski definition) is 4. The Morgan fingerprint density at radius 3 is 2.90 bits per heavy atom. The van der Waals surface area contributed by atoms with Gasteiger partial charge in [-0.2, -0.15) is 0 Å². The van der Waals surface area contributed by atoms with Crippen LogP contribution >= 0.6 is 11.6 Å². The summed E-state index contributed by atoms with van der Waals surface area (Å²) in [5.74, 6) is 0.487. The normalized spacial score (nSPS) is 14.1. The van der Waals surface area contributed by atoms with Crippen LogP contribution < -0.4 is 15.4 Å². The Morgan fingerprint density at radius 1 is 1.50 bits per heavy atom. The van der Waals surface area contributed by atoms with Crippen molar-refractivity contribution in [3.8, 4) is 11.5 Å². The SMILES string of the molecule is COc1cc(Cl)cc(CNCCC(=O)NC2CC2)c1O. The van der Waals surface area contributed by atoms with Crippen molar-refractivity contribution in [2.75, 3.05) is 13.7 Å². The molecule has 0 unspecified atom stereocenters. The molecule has 0 aliphatic heterocycles. The molecule has 110 valence electrons. The molecule has 2 rings (SSSR count). The van der Waals surface area contributed by atoms with Crippen molar-refractivity contribution < 1.29 is 14.6 Å². The highest BCUT2D eigenvalue weighted by Crippen LogP contribution is 2.33. The molecular weight excluding hydrogens is 280 g/mol. The standard InChI is InChI=1S/C14H19ClN2O3/c1-20-12-7-10(15)6-9(14(12)19)8-16-5-4-13(18)17-11-2-3-11/h6-7,11,16,19H,2-5,8H2,1H3,(H,17,18). The third kappa shape index (κ3) is 4.28. The lowest BCUT2D eigenvalue weighted by atomic mass is 10.2. The fourth-order valence-electron chi connectivity index (χ4n) is 1.87. The maximum Gasteiger partial charge on any atom is 0.221 e. The second kappa shape index (κ2) is 6.81. The summed E-state index contributed by atoms with van der Waals surface area (Å²) in [5.41, 5.74) is 0.650. The summed E-state index contributed by atoms with van der Waals surface area (Å²) in [6.07, 6.45) is 2.61. The van der Waals surface area contributed by atoms with Crippen molar-refractivity contribution in [1.29, 1.82) is 0 Å². The van der Waals surface area contributed by atoms with Crippen molar-refractivity contribution in [2.45, 2.75) is 31.8 Å². The van der Waals surface area contributed by atoms with Crippen LogP contribution in [0, 0.1) is 0 Å². The topological polar surface area (TPSA) is 70.6 Å². The van der Waals surface area contributed by atoms with Crippen LogP contribution in [0.3, 0.4) is 0 Å². The smallest absolute Gasteiger partial charge is 0.221 e. The van der Waals surface area contributed by atoms with Gasteiger partial charge in [-0.3, -0.25) is 4.79 Å². The number of hydrogen-bond donors (Lipinski definition) is 3. The van der Waals surface area contributed by atoms with E-state index in [4.69, 9.17) is 16.3 Å². The predicted octanol–water partition coefficient (Wildman–Crippen LogP) is 1.81. The summed E-state index contributed by atoms with van der Waals surface area (Å²) < 4.78 is 5.04. The Labute approximate surface area is 123 Å². The molecule has 1 saturated carbocycles. The Morgan fingerprint density at radius 2 is 2.25 bits per heavy atom. The van der Waals surface area contributed by atoms with Gasteiger partial charge in [-0.1, -0.05) is 11.6 Å². The minimum Gasteiger partial charge on any atom is -0.504 e. The molecule has 1 amide bonds. The Bertz CT molecular complexity index is 490. The van der Waals surface area contributed by atoms with E-state index in [0.717, 1.165) is 12.8 Å². The number of ether oxygens (including phenoxy) is 1. The molecule has 3 N–H and O–H groups in total. The second-order valence-electron chi connectivity index (χ2n) is 4.88. The number of benzene rings is 1. The van der Waals surface area contributed by atoms with Crippen LogP contribution in [0.2, 0.25) is 5.02 Å². The van der Waals surface area contributed by atoms with E-state index in [-0.39, 0.29) is 11.7 Å². The van der Waals surface area contributed by atoms with Crippen LogP contribution in [0.5, 0.6) is 11.5 Å². The molecule has 0 radical (unpaired) electrons. The minimum absolute atomic E-state index is 0.0629. The van der Waals surface area contributed by atoms with Gasteiger partial charge in [-0.05, 0) is 18.9 Å². The maximum absolute atomic E-state index is 11.5. The summed E-state index contributed by atoms with van der Waals surface area (Å²) >= 11 is 5.95. The van der Waals surface area contributed by atoms with Crippen LogP contribution in [0.4, 0.5) is 0 Å². The molecule has 0 atom stereocenters. The number of carbonyl (C=O) groups is 1. The van der Waals surface area contributed by atoms with Crippen LogP contribution in [-0.2, 0) is 11.3 Å². The van der Waals surface area contributed by atoms with Gasteiger partial charge in [0.05, 0.1) is 7.11 Å². The van der Waals surface area contributed by atoms with Gasteiger partial charge in [-0.25, -0.2) is 0 Å². The summed E-state index contributed by atoms with van der Waals surface area (Å²) in [6.45, 7) is 0.978. The van der Waals surface area contributed by atoms with Crippen molar-refractivity contribution in [2.24, 2.45) is 0 Å². The van der Waals surface area contributed by atoms with E-state index in [1.54, 1.807) is 12.1 Å². The van der Waals surface area contributed by atoms with Gasteiger partial charge in [0, 0.05) is 42.2 Å². The first kappa shape index (κ1) is 14.9. The summed E-state index contributed by atoms with van der Waals surface area (Å²) in [4.78, 5) is 11.5. The third-order valence-electron chi connectivity index (χ3n) is 3.13.